The number of carbonyl (C=O) groups excluding carboxylic acids is 1. The van der Waals surface area contributed by atoms with Gasteiger partial charge >= 0.3 is 5.97 Å². The summed E-state index contributed by atoms with van der Waals surface area (Å²) in [5.41, 5.74) is 2.15. The van der Waals surface area contributed by atoms with Crippen molar-refractivity contribution in [3.63, 3.8) is 0 Å². The van der Waals surface area contributed by atoms with Crippen LogP contribution in [0.5, 0.6) is 0 Å². The van der Waals surface area contributed by atoms with Crippen molar-refractivity contribution in [1.82, 2.24) is 4.98 Å². The molecule has 0 saturated heterocycles. The van der Waals surface area contributed by atoms with Gasteiger partial charge in [0, 0.05) is 0 Å². The van der Waals surface area contributed by atoms with E-state index in [1.165, 1.54) is 30.6 Å². The van der Waals surface area contributed by atoms with Crippen LogP contribution in [0.2, 0.25) is 5.02 Å². The summed E-state index contributed by atoms with van der Waals surface area (Å²) in [6, 6.07) is 9.71. The number of aromatic nitrogens is 1. The van der Waals surface area contributed by atoms with E-state index >= 15 is 0 Å². The Kier molecular flexibility index (Phi) is 4.45. The second-order valence-corrected chi connectivity index (χ2v) is 6.26. The summed E-state index contributed by atoms with van der Waals surface area (Å²) < 4.78 is 18.6. The number of rotatable bonds is 4. The van der Waals surface area contributed by atoms with E-state index in [1.807, 2.05) is 0 Å². The van der Waals surface area contributed by atoms with Crippen molar-refractivity contribution in [3.8, 4) is 0 Å². The number of ether oxygens (including phenoxy) is 1. The number of nitrogens with one attached hydrogen (secondary N) is 1. The van der Waals surface area contributed by atoms with Crippen molar-refractivity contribution in [2.75, 3.05) is 12.4 Å². The maximum Gasteiger partial charge on any atom is 0.309 e. The van der Waals surface area contributed by atoms with Gasteiger partial charge in [0.05, 0.1) is 34.5 Å². The van der Waals surface area contributed by atoms with Gasteiger partial charge in [-0.15, -0.1) is 0 Å². The number of anilines is 2. The molecule has 0 amide bonds. The molecule has 2 aromatic carbocycles. The highest BCUT2D eigenvalue weighted by molar-refractivity contribution is 7.22. The van der Waals surface area contributed by atoms with E-state index in [2.05, 4.69) is 15.0 Å². The molecule has 118 valence electrons. The molecule has 0 bridgehead atoms. The Morgan fingerprint density at radius 2 is 2.17 bits per heavy atom. The summed E-state index contributed by atoms with van der Waals surface area (Å²) in [6.07, 6.45) is 0.164. The molecule has 1 N–H and O–H groups in total. The first-order chi connectivity index (χ1) is 11.0. The second kappa shape index (κ2) is 6.52. The largest absolute Gasteiger partial charge is 0.469 e. The Balaban J connectivity index is 1.82. The van der Waals surface area contributed by atoms with Gasteiger partial charge in [0.25, 0.3) is 0 Å². The summed E-state index contributed by atoms with van der Waals surface area (Å²) in [4.78, 5) is 15.7. The highest BCUT2D eigenvalue weighted by atomic mass is 35.5. The molecule has 0 radical (unpaired) electrons. The Morgan fingerprint density at radius 1 is 1.35 bits per heavy atom. The molecule has 1 heterocycles. The first kappa shape index (κ1) is 15.7. The zero-order valence-corrected chi connectivity index (χ0v) is 13.7. The summed E-state index contributed by atoms with van der Waals surface area (Å²) >= 11 is 7.57. The van der Waals surface area contributed by atoms with Crippen molar-refractivity contribution in [3.05, 3.63) is 52.8 Å². The van der Waals surface area contributed by atoms with Gasteiger partial charge < -0.3 is 10.1 Å². The Hall–Kier alpha value is -2.18. The molecule has 3 rings (SSSR count). The second-order valence-electron chi connectivity index (χ2n) is 4.82. The quantitative estimate of drug-likeness (QED) is 0.701. The van der Waals surface area contributed by atoms with E-state index < -0.39 is 0 Å². The van der Waals surface area contributed by atoms with Gasteiger partial charge in [0.2, 0.25) is 0 Å². The van der Waals surface area contributed by atoms with Gasteiger partial charge in [-0.05, 0) is 35.9 Å². The highest BCUT2D eigenvalue weighted by Crippen LogP contribution is 2.32. The molecular formula is C16H12ClFN2O2S. The maximum atomic E-state index is 13.2. The van der Waals surface area contributed by atoms with Crippen LogP contribution < -0.4 is 5.32 Å². The van der Waals surface area contributed by atoms with Gasteiger partial charge in [0.15, 0.2) is 5.13 Å². The number of thiazole rings is 1. The highest BCUT2D eigenvalue weighted by Gasteiger charge is 2.09. The maximum absolute atomic E-state index is 13.2. The molecule has 0 atom stereocenters. The van der Waals surface area contributed by atoms with Crippen molar-refractivity contribution in [1.29, 1.82) is 0 Å². The minimum absolute atomic E-state index is 0.164. The standard InChI is InChI=1S/C16H12ClFN2O2S/c1-22-15(21)7-9-2-4-12(11(17)6-9)19-16-20-13-5-3-10(18)8-14(13)23-16/h2-6,8H,7H2,1H3,(H,19,20). The number of nitrogens with zero attached hydrogens (tertiary/aromatic N) is 1. The third-order valence-electron chi connectivity index (χ3n) is 3.20. The predicted molar refractivity (Wildman–Crippen MR) is 90.0 cm³/mol. The van der Waals surface area contributed by atoms with E-state index in [9.17, 15) is 9.18 Å². The molecule has 23 heavy (non-hydrogen) atoms. The number of halogens is 2. The van der Waals surface area contributed by atoms with E-state index in [4.69, 9.17) is 11.6 Å². The van der Waals surface area contributed by atoms with E-state index in [0.717, 1.165) is 15.8 Å². The van der Waals surface area contributed by atoms with Crippen LogP contribution in [0.25, 0.3) is 10.2 Å². The molecular weight excluding hydrogens is 339 g/mol. The normalized spacial score (nSPS) is 10.7. The molecule has 3 aromatic rings. The van der Waals surface area contributed by atoms with Crippen LogP contribution in [-0.4, -0.2) is 18.1 Å². The van der Waals surface area contributed by atoms with Gasteiger partial charge in [-0.25, -0.2) is 9.37 Å². The summed E-state index contributed by atoms with van der Waals surface area (Å²) in [7, 11) is 1.34. The minimum Gasteiger partial charge on any atom is -0.469 e. The van der Waals surface area contributed by atoms with E-state index in [0.29, 0.717) is 15.8 Å². The lowest BCUT2D eigenvalue weighted by Crippen LogP contribution is -2.04. The van der Waals surface area contributed by atoms with Crippen molar-refractivity contribution >= 4 is 49.9 Å². The van der Waals surface area contributed by atoms with Crippen LogP contribution >= 0.6 is 22.9 Å². The number of esters is 1. The van der Waals surface area contributed by atoms with Crippen molar-refractivity contribution in [2.45, 2.75) is 6.42 Å². The number of carbonyl (C=O) groups is 1. The monoisotopic (exact) mass is 350 g/mol. The number of hydrogen-bond donors (Lipinski definition) is 1. The topological polar surface area (TPSA) is 51.2 Å². The summed E-state index contributed by atoms with van der Waals surface area (Å²) in [6.45, 7) is 0. The molecule has 0 aliphatic carbocycles. The third kappa shape index (κ3) is 3.60. The lowest BCUT2D eigenvalue weighted by atomic mass is 10.1. The van der Waals surface area contributed by atoms with Gasteiger partial charge in [0.1, 0.15) is 5.82 Å². The fourth-order valence-electron chi connectivity index (χ4n) is 2.08. The minimum atomic E-state index is -0.324. The van der Waals surface area contributed by atoms with Crippen LogP contribution in [0.4, 0.5) is 15.2 Å². The molecule has 0 unspecified atom stereocenters. The SMILES string of the molecule is COC(=O)Cc1ccc(Nc2nc3ccc(F)cc3s2)c(Cl)c1. The van der Waals surface area contributed by atoms with Crippen LogP contribution in [0, 0.1) is 5.82 Å². The summed E-state index contributed by atoms with van der Waals surface area (Å²) in [5.74, 6) is -0.618. The molecule has 0 spiro atoms. The molecule has 0 aliphatic rings. The van der Waals surface area contributed by atoms with Gasteiger partial charge in [-0.1, -0.05) is 29.0 Å². The van der Waals surface area contributed by atoms with Crippen LogP contribution in [0.15, 0.2) is 36.4 Å². The lowest BCUT2D eigenvalue weighted by molar-refractivity contribution is -0.139. The fraction of sp³-hybridized carbons (Fsp3) is 0.125. The molecule has 0 fully saturated rings. The summed E-state index contributed by atoms with van der Waals surface area (Å²) in [5, 5.41) is 4.20. The lowest BCUT2D eigenvalue weighted by Gasteiger charge is -2.07. The first-order valence-corrected chi connectivity index (χ1v) is 7.93. The van der Waals surface area contributed by atoms with Crippen molar-refractivity contribution in [2.24, 2.45) is 0 Å². The van der Waals surface area contributed by atoms with Crippen LogP contribution in [0.3, 0.4) is 0 Å². The van der Waals surface area contributed by atoms with Gasteiger partial charge in [-0.2, -0.15) is 0 Å². The smallest absolute Gasteiger partial charge is 0.309 e. The predicted octanol–water partition coefficient (Wildman–Crippen LogP) is 4.55. The molecule has 0 saturated carbocycles. The zero-order chi connectivity index (χ0) is 16.4. The Bertz CT molecular complexity index is 882. The first-order valence-electron chi connectivity index (χ1n) is 6.73. The number of methoxy groups -OCH3 is 1. The van der Waals surface area contributed by atoms with Crippen LogP contribution in [0.1, 0.15) is 5.56 Å². The van der Waals surface area contributed by atoms with E-state index in [-0.39, 0.29) is 18.2 Å². The third-order valence-corrected chi connectivity index (χ3v) is 4.45. The average Bonchev–Trinajstić information content (AvgIpc) is 2.91. The Morgan fingerprint density at radius 3 is 2.91 bits per heavy atom. The van der Waals surface area contributed by atoms with Crippen molar-refractivity contribution < 1.29 is 13.9 Å². The molecule has 0 aliphatic heterocycles. The zero-order valence-electron chi connectivity index (χ0n) is 12.1. The average molecular weight is 351 g/mol. The van der Waals surface area contributed by atoms with Crippen LogP contribution in [-0.2, 0) is 16.0 Å². The van der Waals surface area contributed by atoms with E-state index in [1.54, 1.807) is 24.3 Å². The fourth-order valence-corrected chi connectivity index (χ4v) is 3.23. The molecule has 4 nitrogen and oxygen atoms in total. The number of hydrogen-bond acceptors (Lipinski definition) is 5. The van der Waals surface area contributed by atoms with Gasteiger partial charge in [-0.3, -0.25) is 4.79 Å². The number of fused-ring (bicyclic) bond motifs is 1. The molecule has 7 heteroatoms. The molecule has 1 aromatic heterocycles. The number of benzene rings is 2. The Labute approximate surface area is 140 Å².